The summed E-state index contributed by atoms with van der Waals surface area (Å²) in [6.07, 6.45) is 1.97. The van der Waals surface area contributed by atoms with Gasteiger partial charge in [-0.05, 0) is 45.0 Å². The molecule has 0 fully saturated rings. The monoisotopic (exact) mass is 223 g/mol. The molecule has 0 bridgehead atoms. The largest absolute Gasteiger partial charge is 0.489 e. The predicted molar refractivity (Wildman–Crippen MR) is 63.9 cm³/mol. The molecule has 0 amide bonds. The standard InChI is InChI=1S/C13H18FNO/c1-9(2)6-7-16-13-5-4-11(14)8-12(13)10(3)15/h4-6,8,10H,7,15H2,1-3H3/t10-/m1/s1. The zero-order valence-electron chi connectivity index (χ0n) is 9.96. The highest BCUT2D eigenvalue weighted by Gasteiger charge is 2.08. The van der Waals surface area contributed by atoms with Gasteiger partial charge in [0.05, 0.1) is 0 Å². The van der Waals surface area contributed by atoms with Gasteiger partial charge in [0, 0.05) is 11.6 Å². The fourth-order valence-corrected chi connectivity index (χ4v) is 1.30. The van der Waals surface area contributed by atoms with E-state index in [4.69, 9.17) is 10.5 Å². The average Bonchev–Trinajstić information content (AvgIpc) is 2.19. The van der Waals surface area contributed by atoms with Crippen molar-refractivity contribution in [2.75, 3.05) is 6.61 Å². The number of halogens is 1. The maximum Gasteiger partial charge on any atom is 0.124 e. The van der Waals surface area contributed by atoms with Gasteiger partial charge in [-0.2, -0.15) is 0 Å². The Labute approximate surface area is 95.9 Å². The Kier molecular flexibility index (Phi) is 4.50. The molecule has 0 aliphatic rings. The van der Waals surface area contributed by atoms with Gasteiger partial charge in [-0.3, -0.25) is 0 Å². The van der Waals surface area contributed by atoms with Gasteiger partial charge in [0.2, 0.25) is 0 Å². The van der Waals surface area contributed by atoms with Gasteiger partial charge in [0.25, 0.3) is 0 Å². The molecule has 3 heteroatoms. The van der Waals surface area contributed by atoms with E-state index in [1.165, 1.54) is 17.7 Å². The molecule has 2 N–H and O–H groups in total. The summed E-state index contributed by atoms with van der Waals surface area (Å²) in [6, 6.07) is 4.18. The molecule has 2 nitrogen and oxygen atoms in total. The average molecular weight is 223 g/mol. The zero-order valence-corrected chi connectivity index (χ0v) is 9.96. The van der Waals surface area contributed by atoms with Crippen LogP contribution in [0.3, 0.4) is 0 Å². The third-order valence-electron chi connectivity index (χ3n) is 2.19. The van der Waals surface area contributed by atoms with Crippen LogP contribution in [-0.2, 0) is 0 Å². The van der Waals surface area contributed by atoms with Crippen molar-refractivity contribution < 1.29 is 9.13 Å². The van der Waals surface area contributed by atoms with Crippen molar-refractivity contribution in [3.8, 4) is 5.75 Å². The van der Waals surface area contributed by atoms with Crippen molar-refractivity contribution in [3.63, 3.8) is 0 Å². The Balaban J connectivity index is 2.82. The molecule has 0 saturated carbocycles. The summed E-state index contributed by atoms with van der Waals surface area (Å²) in [7, 11) is 0. The molecule has 0 spiro atoms. The summed E-state index contributed by atoms with van der Waals surface area (Å²) in [5.41, 5.74) is 7.63. The number of benzene rings is 1. The highest BCUT2D eigenvalue weighted by Crippen LogP contribution is 2.24. The summed E-state index contributed by atoms with van der Waals surface area (Å²) in [5.74, 6) is 0.357. The third kappa shape index (κ3) is 3.66. The fourth-order valence-electron chi connectivity index (χ4n) is 1.30. The fraction of sp³-hybridized carbons (Fsp3) is 0.385. The summed E-state index contributed by atoms with van der Waals surface area (Å²) in [4.78, 5) is 0. The molecule has 1 atom stereocenters. The lowest BCUT2D eigenvalue weighted by molar-refractivity contribution is 0.355. The topological polar surface area (TPSA) is 35.2 Å². The van der Waals surface area contributed by atoms with E-state index >= 15 is 0 Å². The van der Waals surface area contributed by atoms with Gasteiger partial charge < -0.3 is 10.5 Å². The van der Waals surface area contributed by atoms with Crippen molar-refractivity contribution >= 4 is 0 Å². The van der Waals surface area contributed by atoms with Crippen molar-refractivity contribution in [2.45, 2.75) is 26.8 Å². The smallest absolute Gasteiger partial charge is 0.124 e. The summed E-state index contributed by atoms with van der Waals surface area (Å²) < 4.78 is 18.6. The van der Waals surface area contributed by atoms with Crippen molar-refractivity contribution in [1.29, 1.82) is 0 Å². The lowest BCUT2D eigenvalue weighted by Gasteiger charge is -2.13. The van der Waals surface area contributed by atoms with Gasteiger partial charge in [-0.25, -0.2) is 4.39 Å². The van der Waals surface area contributed by atoms with E-state index in [-0.39, 0.29) is 11.9 Å². The normalized spacial score (nSPS) is 12.1. The highest BCUT2D eigenvalue weighted by molar-refractivity contribution is 5.36. The van der Waals surface area contributed by atoms with E-state index in [1.807, 2.05) is 26.8 Å². The number of hydrogen-bond acceptors (Lipinski definition) is 2. The summed E-state index contributed by atoms with van der Waals surface area (Å²) in [6.45, 7) is 6.29. The molecule has 0 aliphatic carbocycles. The molecule has 0 radical (unpaired) electrons. The minimum absolute atomic E-state index is 0.239. The second-order valence-electron chi connectivity index (χ2n) is 4.06. The molecule has 1 rings (SSSR count). The van der Waals surface area contributed by atoms with E-state index < -0.39 is 0 Å². The van der Waals surface area contributed by atoms with Crippen LogP contribution in [-0.4, -0.2) is 6.61 Å². The molecular formula is C13H18FNO. The number of allylic oxidation sites excluding steroid dienone is 1. The summed E-state index contributed by atoms with van der Waals surface area (Å²) in [5, 5.41) is 0. The van der Waals surface area contributed by atoms with E-state index in [1.54, 1.807) is 6.07 Å². The van der Waals surface area contributed by atoms with Crippen LogP contribution in [0.4, 0.5) is 4.39 Å². The number of ether oxygens (including phenoxy) is 1. The Morgan fingerprint density at radius 3 is 2.75 bits per heavy atom. The molecule has 16 heavy (non-hydrogen) atoms. The Morgan fingerprint density at radius 2 is 2.19 bits per heavy atom. The van der Waals surface area contributed by atoms with E-state index in [9.17, 15) is 4.39 Å². The Morgan fingerprint density at radius 1 is 1.50 bits per heavy atom. The molecule has 0 heterocycles. The van der Waals surface area contributed by atoms with Crippen LogP contribution in [0.2, 0.25) is 0 Å². The van der Waals surface area contributed by atoms with E-state index in [0.717, 1.165) is 0 Å². The Hall–Kier alpha value is -1.35. The number of rotatable bonds is 4. The second kappa shape index (κ2) is 5.66. The lowest BCUT2D eigenvalue weighted by Crippen LogP contribution is -2.08. The van der Waals surface area contributed by atoms with Gasteiger partial charge in [-0.15, -0.1) is 0 Å². The Bertz CT molecular complexity index is 382. The van der Waals surface area contributed by atoms with Crippen LogP contribution in [0.15, 0.2) is 29.8 Å². The highest BCUT2D eigenvalue weighted by atomic mass is 19.1. The molecule has 0 aromatic heterocycles. The molecule has 0 aliphatic heterocycles. The van der Waals surface area contributed by atoms with Crippen LogP contribution in [0.5, 0.6) is 5.75 Å². The first-order chi connectivity index (χ1) is 7.50. The molecule has 0 unspecified atom stereocenters. The van der Waals surface area contributed by atoms with Crippen LogP contribution in [0.1, 0.15) is 32.4 Å². The second-order valence-corrected chi connectivity index (χ2v) is 4.06. The first-order valence-electron chi connectivity index (χ1n) is 5.32. The first kappa shape index (κ1) is 12.7. The molecular weight excluding hydrogens is 205 g/mol. The first-order valence-corrected chi connectivity index (χ1v) is 5.32. The third-order valence-corrected chi connectivity index (χ3v) is 2.19. The van der Waals surface area contributed by atoms with Gasteiger partial charge in [-0.1, -0.05) is 5.57 Å². The van der Waals surface area contributed by atoms with Crippen molar-refractivity contribution in [2.24, 2.45) is 5.73 Å². The molecule has 0 saturated heterocycles. The predicted octanol–water partition coefficient (Wildman–Crippen LogP) is 3.19. The number of nitrogens with two attached hydrogens (primary N) is 1. The zero-order chi connectivity index (χ0) is 12.1. The van der Waals surface area contributed by atoms with Crippen LogP contribution in [0, 0.1) is 5.82 Å². The van der Waals surface area contributed by atoms with Gasteiger partial charge in [0.1, 0.15) is 18.2 Å². The minimum atomic E-state index is -0.290. The molecule has 88 valence electrons. The maximum atomic E-state index is 13.0. The van der Waals surface area contributed by atoms with Gasteiger partial charge in [0.15, 0.2) is 0 Å². The minimum Gasteiger partial charge on any atom is -0.489 e. The van der Waals surface area contributed by atoms with Crippen LogP contribution < -0.4 is 10.5 Å². The lowest BCUT2D eigenvalue weighted by atomic mass is 10.1. The van der Waals surface area contributed by atoms with E-state index in [0.29, 0.717) is 17.9 Å². The van der Waals surface area contributed by atoms with E-state index in [2.05, 4.69) is 0 Å². The van der Waals surface area contributed by atoms with Crippen molar-refractivity contribution in [3.05, 3.63) is 41.2 Å². The summed E-state index contributed by atoms with van der Waals surface area (Å²) >= 11 is 0. The molecule has 1 aromatic carbocycles. The number of hydrogen-bond donors (Lipinski definition) is 1. The van der Waals surface area contributed by atoms with Crippen LogP contribution >= 0.6 is 0 Å². The quantitative estimate of drug-likeness (QED) is 0.795. The van der Waals surface area contributed by atoms with Crippen molar-refractivity contribution in [1.82, 2.24) is 0 Å². The van der Waals surface area contributed by atoms with Crippen LogP contribution in [0.25, 0.3) is 0 Å². The van der Waals surface area contributed by atoms with Gasteiger partial charge >= 0.3 is 0 Å². The molecule has 1 aromatic rings. The maximum absolute atomic E-state index is 13.0. The SMILES string of the molecule is CC(C)=CCOc1ccc(F)cc1[C@@H](C)N.